The van der Waals surface area contributed by atoms with Crippen molar-refractivity contribution in [3.8, 4) is 0 Å². The highest BCUT2D eigenvalue weighted by atomic mass is 16.6. The van der Waals surface area contributed by atoms with Crippen molar-refractivity contribution in [3.63, 3.8) is 0 Å². The van der Waals surface area contributed by atoms with Crippen LogP contribution >= 0.6 is 0 Å². The molecular weight excluding hydrogens is 250 g/mol. The first-order valence-electron chi connectivity index (χ1n) is 6.51. The van der Waals surface area contributed by atoms with Crippen LogP contribution in [-0.4, -0.2) is 67.2 Å². The van der Waals surface area contributed by atoms with Crippen LogP contribution in [0.2, 0.25) is 0 Å². The Labute approximate surface area is 113 Å². The average molecular weight is 274 g/mol. The zero-order chi connectivity index (χ0) is 14.6. The minimum atomic E-state index is -0.915. The second-order valence-corrected chi connectivity index (χ2v) is 5.78. The van der Waals surface area contributed by atoms with Gasteiger partial charge < -0.3 is 24.2 Å². The van der Waals surface area contributed by atoms with Crippen LogP contribution in [0.5, 0.6) is 0 Å². The van der Waals surface area contributed by atoms with Crippen LogP contribution in [0.3, 0.4) is 0 Å². The van der Waals surface area contributed by atoms with Crippen molar-refractivity contribution in [2.75, 3.05) is 34.3 Å². The summed E-state index contributed by atoms with van der Waals surface area (Å²) in [6.45, 7) is 2.78. The minimum absolute atomic E-state index is 0.0550. The molecule has 110 valence electrons. The summed E-state index contributed by atoms with van der Waals surface area (Å²) in [7, 11) is 5.75. The monoisotopic (exact) mass is 274 g/mol. The molecule has 1 rings (SSSR count). The number of esters is 1. The molecule has 0 aliphatic carbocycles. The van der Waals surface area contributed by atoms with Crippen LogP contribution in [0, 0.1) is 0 Å². The SMILES string of the molecule is CCCCOC1=C(O)C(=O)OC1C(O)C[N+](C)(C)C. The van der Waals surface area contributed by atoms with Crippen LogP contribution in [0.4, 0.5) is 0 Å². The summed E-state index contributed by atoms with van der Waals surface area (Å²) in [4.78, 5) is 11.4. The molecule has 1 aliphatic heterocycles. The number of nitrogens with zero attached hydrogens (tertiary/aromatic N) is 1. The molecule has 0 bridgehead atoms. The van der Waals surface area contributed by atoms with Gasteiger partial charge in [-0.15, -0.1) is 0 Å². The summed E-state index contributed by atoms with van der Waals surface area (Å²) >= 11 is 0. The van der Waals surface area contributed by atoms with Gasteiger partial charge in [-0.2, -0.15) is 0 Å². The first-order valence-corrected chi connectivity index (χ1v) is 6.51. The van der Waals surface area contributed by atoms with E-state index in [1.54, 1.807) is 0 Å². The summed E-state index contributed by atoms with van der Waals surface area (Å²) in [5, 5.41) is 19.8. The van der Waals surface area contributed by atoms with Gasteiger partial charge in [0.1, 0.15) is 12.6 Å². The maximum Gasteiger partial charge on any atom is 0.378 e. The first kappa shape index (κ1) is 15.8. The Hall–Kier alpha value is -1.27. The predicted molar refractivity (Wildman–Crippen MR) is 69.3 cm³/mol. The second kappa shape index (κ2) is 6.25. The molecule has 1 aliphatic rings. The lowest BCUT2D eigenvalue weighted by molar-refractivity contribution is -0.874. The van der Waals surface area contributed by atoms with E-state index in [2.05, 4.69) is 0 Å². The Morgan fingerprint density at radius 1 is 1.42 bits per heavy atom. The molecule has 0 fully saturated rings. The predicted octanol–water partition coefficient (Wildman–Crippen LogP) is 0.565. The molecule has 0 radical (unpaired) electrons. The van der Waals surface area contributed by atoms with Crippen LogP contribution in [0.1, 0.15) is 19.8 Å². The van der Waals surface area contributed by atoms with Crippen LogP contribution < -0.4 is 0 Å². The molecule has 6 heteroatoms. The summed E-state index contributed by atoms with van der Waals surface area (Å²) < 4.78 is 10.9. The summed E-state index contributed by atoms with van der Waals surface area (Å²) in [6.07, 6.45) is -0.0788. The van der Waals surface area contributed by atoms with E-state index in [4.69, 9.17) is 9.47 Å². The highest BCUT2D eigenvalue weighted by Crippen LogP contribution is 2.25. The third-order valence-corrected chi connectivity index (χ3v) is 2.76. The Balaban J connectivity index is 2.74. The molecule has 0 aromatic rings. The molecule has 6 nitrogen and oxygen atoms in total. The zero-order valence-electron chi connectivity index (χ0n) is 12.0. The number of hydrogen-bond acceptors (Lipinski definition) is 5. The van der Waals surface area contributed by atoms with Gasteiger partial charge in [-0.25, -0.2) is 4.79 Å². The fourth-order valence-electron chi connectivity index (χ4n) is 1.85. The third-order valence-electron chi connectivity index (χ3n) is 2.76. The lowest BCUT2D eigenvalue weighted by Gasteiger charge is -2.29. The smallest absolute Gasteiger partial charge is 0.378 e. The molecular formula is C13H24NO5+. The number of hydrogen-bond donors (Lipinski definition) is 2. The second-order valence-electron chi connectivity index (χ2n) is 5.78. The lowest BCUT2D eigenvalue weighted by atomic mass is 10.1. The largest absolute Gasteiger partial charge is 0.499 e. The van der Waals surface area contributed by atoms with E-state index in [-0.39, 0.29) is 5.76 Å². The number of rotatable bonds is 7. The van der Waals surface area contributed by atoms with Gasteiger partial charge in [0.05, 0.1) is 27.7 Å². The van der Waals surface area contributed by atoms with Crippen LogP contribution in [0.15, 0.2) is 11.5 Å². The van der Waals surface area contributed by atoms with Crippen molar-refractivity contribution in [2.45, 2.75) is 32.0 Å². The van der Waals surface area contributed by atoms with Gasteiger partial charge in [0, 0.05) is 0 Å². The van der Waals surface area contributed by atoms with Gasteiger partial charge >= 0.3 is 5.97 Å². The molecule has 2 N–H and O–H groups in total. The van der Waals surface area contributed by atoms with Crippen molar-refractivity contribution < 1.29 is 29.0 Å². The van der Waals surface area contributed by atoms with Crippen molar-refractivity contribution in [2.24, 2.45) is 0 Å². The number of quaternary nitrogens is 1. The maximum atomic E-state index is 11.4. The van der Waals surface area contributed by atoms with Gasteiger partial charge in [-0.3, -0.25) is 0 Å². The number of carbonyl (C=O) groups excluding carboxylic acids is 1. The van der Waals surface area contributed by atoms with Crippen LogP contribution in [0.25, 0.3) is 0 Å². The molecule has 19 heavy (non-hydrogen) atoms. The third kappa shape index (κ3) is 4.40. The number of carbonyl (C=O) groups is 1. The van der Waals surface area contributed by atoms with E-state index in [0.717, 1.165) is 12.8 Å². The normalized spacial score (nSPS) is 21.5. The highest BCUT2D eigenvalue weighted by molar-refractivity contribution is 5.89. The van der Waals surface area contributed by atoms with Gasteiger partial charge in [0.2, 0.25) is 5.76 Å². The summed E-state index contributed by atoms with van der Waals surface area (Å²) in [6, 6.07) is 0. The number of likely N-dealkylation sites (N-methyl/N-ethyl adjacent to an activating group) is 1. The van der Waals surface area contributed by atoms with E-state index < -0.39 is 23.9 Å². The molecule has 0 saturated carbocycles. The maximum absolute atomic E-state index is 11.4. The Morgan fingerprint density at radius 2 is 2.05 bits per heavy atom. The Morgan fingerprint density at radius 3 is 2.58 bits per heavy atom. The fraction of sp³-hybridized carbons (Fsp3) is 0.769. The van der Waals surface area contributed by atoms with Gasteiger partial charge in [-0.05, 0) is 6.42 Å². The molecule has 0 spiro atoms. The minimum Gasteiger partial charge on any atom is -0.499 e. The number of cyclic esters (lactones) is 1. The van der Waals surface area contributed by atoms with Crippen LogP contribution in [-0.2, 0) is 14.3 Å². The van der Waals surface area contributed by atoms with Gasteiger partial charge in [0.25, 0.3) is 0 Å². The van der Waals surface area contributed by atoms with E-state index in [1.165, 1.54) is 0 Å². The van der Waals surface area contributed by atoms with Crippen molar-refractivity contribution in [1.29, 1.82) is 0 Å². The van der Waals surface area contributed by atoms with Gasteiger partial charge in [0.15, 0.2) is 11.9 Å². The molecule has 0 saturated heterocycles. The highest BCUT2D eigenvalue weighted by Gasteiger charge is 2.42. The van der Waals surface area contributed by atoms with Crippen molar-refractivity contribution in [1.82, 2.24) is 0 Å². The van der Waals surface area contributed by atoms with E-state index in [9.17, 15) is 15.0 Å². The number of unbranched alkanes of at least 4 members (excludes halogenated alkanes) is 1. The number of ether oxygens (including phenoxy) is 2. The molecule has 2 atom stereocenters. The molecule has 2 unspecified atom stereocenters. The Bertz CT molecular complexity index is 359. The Kier molecular flexibility index (Phi) is 5.20. The quantitative estimate of drug-likeness (QED) is 0.403. The van der Waals surface area contributed by atoms with E-state index in [0.29, 0.717) is 17.6 Å². The summed E-state index contributed by atoms with van der Waals surface area (Å²) in [5.41, 5.74) is 0. The van der Waals surface area contributed by atoms with Crippen molar-refractivity contribution in [3.05, 3.63) is 11.5 Å². The molecule has 1 heterocycles. The van der Waals surface area contributed by atoms with Gasteiger partial charge in [-0.1, -0.05) is 13.3 Å². The lowest BCUT2D eigenvalue weighted by Crippen LogP contribution is -2.46. The average Bonchev–Trinajstić information content (AvgIpc) is 2.55. The number of aliphatic hydroxyl groups excluding tert-OH is 2. The number of aliphatic hydroxyl groups is 2. The fourth-order valence-corrected chi connectivity index (χ4v) is 1.85. The topological polar surface area (TPSA) is 76.0 Å². The van der Waals surface area contributed by atoms with E-state index in [1.807, 2.05) is 28.1 Å². The van der Waals surface area contributed by atoms with E-state index >= 15 is 0 Å². The summed E-state index contributed by atoms with van der Waals surface area (Å²) in [5.74, 6) is -1.31. The molecule has 0 aromatic heterocycles. The van der Waals surface area contributed by atoms with Crippen molar-refractivity contribution >= 4 is 5.97 Å². The standard InChI is InChI=1S/C13H23NO5/c1-5-6-7-18-12-10(16)13(17)19-11(12)9(15)8-14(2,3)4/h9,11,15H,5-8H2,1-4H3/p+1. The first-order chi connectivity index (χ1) is 8.76. The molecule has 0 amide bonds. The zero-order valence-corrected chi connectivity index (χ0v) is 12.0. The molecule has 0 aromatic carbocycles.